The maximum Gasteiger partial charge on any atom is 0.233 e. The van der Waals surface area contributed by atoms with E-state index >= 15 is 0 Å². The van der Waals surface area contributed by atoms with Crippen LogP contribution >= 0.6 is 11.8 Å². The standard InChI is InChI=1S/C22H26N4O2S/c1-25(16-19-11-7-4-8-12-19)21(27)17-29-22-24-23-20(26(22)13-14-28-2)15-18-9-5-3-6-10-18/h3-12H,13-17H2,1-2H3. The molecule has 3 rings (SSSR count). The number of hydrogen-bond acceptors (Lipinski definition) is 5. The highest BCUT2D eigenvalue weighted by atomic mass is 32.2. The number of amides is 1. The number of rotatable bonds is 10. The average molecular weight is 411 g/mol. The van der Waals surface area contributed by atoms with E-state index in [1.54, 1.807) is 12.0 Å². The van der Waals surface area contributed by atoms with Crippen molar-refractivity contribution in [1.82, 2.24) is 19.7 Å². The number of nitrogens with zero attached hydrogens (tertiary/aromatic N) is 4. The minimum absolute atomic E-state index is 0.0600. The SMILES string of the molecule is COCCn1c(Cc2ccccc2)nnc1SCC(=O)N(C)Cc1ccccc1. The van der Waals surface area contributed by atoms with Crippen LogP contribution in [0.25, 0.3) is 0 Å². The molecule has 152 valence electrons. The number of ether oxygens (including phenoxy) is 1. The monoisotopic (exact) mass is 410 g/mol. The first-order chi connectivity index (χ1) is 14.2. The predicted molar refractivity (Wildman–Crippen MR) is 115 cm³/mol. The molecule has 0 unspecified atom stereocenters. The van der Waals surface area contributed by atoms with Crippen molar-refractivity contribution in [2.24, 2.45) is 0 Å². The highest BCUT2D eigenvalue weighted by Crippen LogP contribution is 2.19. The van der Waals surface area contributed by atoms with Gasteiger partial charge in [-0.05, 0) is 11.1 Å². The van der Waals surface area contributed by atoms with E-state index in [0.29, 0.717) is 31.9 Å². The molecule has 1 amide bonds. The third-order valence-corrected chi connectivity index (χ3v) is 5.48. The second-order valence-corrected chi connectivity index (χ2v) is 7.67. The minimum Gasteiger partial charge on any atom is -0.383 e. The maximum atomic E-state index is 12.6. The lowest BCUT2D eigenvalue weighted by Crippen LogP contribution is -2.28. The van der Waals surface area contributed by atoms with Gasteiger partial charge in [0.05, 0.1) is 12.4 Å². The molecule has 0 fully saturated rings. The molecule has 29 heavy (non-hydrogen) atoms. The molecular formula is C22H26N4O2S. The molecule has 0 aliphatic carbocycles. The van der Waals surface area contributed by atoms with Gasteiger partial charge < -0.3 is 14.2 Å². The van der Waals surface area contributed by atoms with Crippen LogP contribution in [0, 0.1) is 0 Å². The second-order valence-electron chi connectivity index (χ2n) is 6.73. The van der Waals surface area contributed by atoms with Gasteiger partial charge in [-0.2, -0.15) is 0 Å². The molecule has 0 radical (unpaired) electrons. The Morgan fingerprint density at radius 1 is 1.03 bits per heavy atom. The van der Waals surface area contributed by atoms with Crippen LogP contribution in [-0.2, 0) is 29.0 Å². The zero-order valence-corrected chi connectivity index (χ0v) is 17.6. The van der Waals surface area contributed by atoms with E-state index in [1.165, 1.54) is 17.3 Å². The van der Waals surface area contributed by atoms with Crippen molar-refractivity contribution in [2.45, 2.75) is 24.7 Å². The summed E-state index contributed by atoms with van der Waals surface area (Å²) in [5, 5.41) is 9.44. The first-order valence-corrected chi connectivity index (χ1v) is 10.5. The molecule has 0 spiro atoms. The molecule has 0 aliphatic heterocycles. The molecule has 6 nitrogen and oxygen atoms in total. The molecule has 0 saturated carbocycles. The number of benzene rings is 2. The van der Waals surface area contributed by atoms with E-state index in [2.05, 4.69) is 22.3 Å². The summed E-state index contributed by atoms with van der Waals surface area (Å²) in [7, 11) is 3.50. The zero-order chi connectivity index (χ0) is 20.5. The third-order valence-electron chi connectivity index (χ3n) is 4.53. The van der Waals surface area contributed by atoms with Crippen molar-refractivity contribution in [3.63, 3.8) is 0 Å². The van der Waals surface area contributed by atoms with Crippen LogP contribution in [0.5, 0.6) is 0 Å². The summed E-state index contributed by atoms with van der Waals surface area (Å²) in [6.07, 6.45) is 0.694. The van der Waals surface area contributed by atoms with Crippen LogP contribution < -0.4 is 0 Å². The Hall–Kier alpha value is -2.64. The molecule has 2 aromatic carbocycles. The summed E-state index contributed by atoms with van der Waals surface area (Å²) in [6.45, 7) is 1.81. The molecule has 3 aromatic rings. The van der Waals surface area contributed by atoms with Gasteiger partial charge in [0, 0.05) is 33.7 Å². The Labute approximate surface area is 175 Å². The zero-order valence-electron chi connectivity index (χ0n) is 16.8. The van der Waals surface area contributed by atoms with Crippen molar-refractivity contribution < 1.29 is 9.53 Å². The molecule has 1 heterocycles. The van der Waals surface area contributed by atoms with E-state index in [-0.39, 0.29) is 5.91 Å². The number of thioether (sulfide) groups is 1. The largest absolute Gasteiger partial charge is 0.383 e. The average Bonchev–Trinajstić information content (AvgIpc) is 3.13. The third kappa shape index (κ3) is 6.17. The van der Waals surface area contributed by atoms with Gasteiger partial charge in [-0.3, -0.25) is 4.79 Å². The first-order valence-electron chi connectivity index (χ1n) is 9.53. The summed E-state index contributed by atoms with van der Waals surface area (Å²) in [5.41, 5.74) is 2.29. The quantitative estimate of drug-likeness (QED) is 0.480. The lowest BCUT2D eigenvalue weighted by molar-refractivity contribution is -0.127. The van der Waals surface area contributed by atoms with E-state index in [4.69, 9.17) is 4.74 Å². The fourth-order valence-corrected chi connectivity index (χ4v) is 3.85. The van der Waals surface area contributed by atoms with Crippen molar-refractivity contribution in [3.8, 4) is 0 Å². The van der Waals surface area contributed by atoms with E-state index < -0.39 is 0 Å². The van der Waals surface area contributed by atoms with Crippen molar-refractivity contribution in [3.05, 3.63) is 77.6 Å². The van der Waals surface area contributed by atoms with Crippen molar-refractivity contribution in [2.75, 3.05) is 26.5 Å². The molecule has 7 heteroatoms. The normalized spacial score (nSPS) is 10.8. The smallest absolute Gasteiger partial charge is 0.233 e. The highest BCUT2D eigenvalue weighted by molar-refractivity contribution is 7.99. The fraction of sp³-hybridized carbons (Fsp3) is 0.318. The molecule has 0 aliphatic rings. The molecule has 0 N–H and O–H groups in total. The van der Waals surface area contributed by atoms with Crippen LogP contribution in [0.2, 0.25) is 0 Å². The molecular weight excluding hydrogens is 384 g/mol. The summed E-state index contributed by atoms with van der Waals surface area (Å²) in [4.78, 5) is 14.3. The maximum absolute atomic E-state index is 12.6. The number of methoxy groups -OCH3 is 1. The number of aromatic nitrogens is 3. The molecule has 0 bridgehead atoms. The van der Waals surface area contributed by atoms with Gasteiger partial charge in [0.25, 0.3) is 0 Å². The lowest BCUT2D eigenvalue weighted by atomic mass is 10.1. The second kappa shape index (κ2) is 10.8. The van der Waals surface area contributed by atoms with E-state index in [1.807, 2.05) is 60.1 Å². The highest BCUT2D eigenvalue weighted by Gasteiger charge is 2.16. The Kier molecular flexibility index (Phi) is 7.84. The van der Waals surface area contributed by atoms with Crippen LogP contribution in [0.3, 0.4) is 0 Å². The van der Waals surface area contributed by atoms with Crippen molar-refractivity contribution >= 4 is 17.7 Å². The Balaban J connectivity index is 1.64. The van der Waals surface area contributed by atoms with Gasteiger partial charge in [-0.1, -0.05) is 72.4 Å². The van der Waals surface area contributed by atoms with Gasteiger partial charge in [0.15, 0.2) is 5.16 Å². The van der Waals surface area contributed by atoms with Gasteiger partial charge in [0.1, 0.15) is 5.82 Å². The Morgan fingerprint density at radius 3 is 2.34 bits per heavy atom. The van der Waals surface area contributed by atoms with Gasteiger partial charge in [-0.25, -0.2) is 0 Å². The molecule has 0 atom stereocenters. The van der Waals surface area contributed by atoms with Crippen molar-refractivity contribution in [1.29, 1.82) is 0 Å². The van der Waals surface area contributed by atoms with Crippen LogP contribution in [0.15, 0.2) is 65.8 Å². The number of carbonyl (C=O) groups excluding carboxylic acids is 1. The summed E-state index contributed by atoms with van der Waals surface area (Å²) in [6, 6.07) is 20.2. The van der Waals surface area contributed by atoms with Crippen LogP contribution in [0.4, 0.5) is 0 Å². The van der Waals surface area contributed by atoms with Gasteiger partial charge >= 0.3 is 0 Å². The summed E-state index contributed by atoms with van der Waals surface area (Å²) < 4.78 is 7.29. The van der Waals surface area contributed by atoms with Crippen LogP contribution in [0.1, 0.15) is 17.0 Å². The number of carbonyl (C=O) groups is 1. The lowest BCUT2D eigenvalue weighted by Gasteiger charge is -2.17. The topological polar surface area (TPSA) is 60.2 Å². The van der Waals surface area contributed by atoms with Gasteiger partial charge in [0.2, 0.25) is 5.91 Å². The Bertz CT molecular complexity index is 900. The molecule has 0 saturated heterocycles. The number of hydrogen-bond donors (Lipinski definition) is 0. The summed E-state index contributed by atoms with van der Waals surface area (Å²) in [5.74, 6) is 1.25. The van der Waals surface area contributed by atoms with E-state index in [9.17, 15) is 4.79 Å². The summed E-state index contributed by atoms with van der Waals surface area (Å²) >= 11 is 1.42. The fourth-order valence-electron chi connectivity index (χ4n) is 2.92. The van der Waals surface area contributed by atoms with E-state index in [0.717, 1.165) is 16.5 Å². The predicted octanol–water partition coefficient (Wildman–Crippen LogP) is 3.27. The van der Waals surface area contributed by atoms with Crippen LogP contribution in [-0.4, -0.2) is 52.1 Å². The Morgan fingerprint density at radius 2 is 1.69 bits per heavy atom. The minimum atomic E-state index is 0.0600. The van der Waals surface area contributed by atoms with Gasteiger partial charge in [-0.15, -0.1) is 10.2 Å². The first kappa shape index (κ1) is 21.1. The molecule has 1 aromatic heterocycles.